The molecule has 1 heterocycles. The van der Waals surface area contributed by atoms with Gasteiger partial charge < -0.3 is 10.1 Å². The van der Waals surface area contributed by atoms with E-state index in [-0.39, 0.29) is 12.5 Å². The van der Waals surface area contributed by atoms with Crippen molar-refractivity contribution in [3.63, 3.8) is 0 Å². The molecule has 0 aliphatic carbocycles. The van der Waals surface area contributed by atoms with E-state index in [2.05, 4.69) is 10.6 Å². The minimum atomic E-state index is -0.553. The first-order valence-electron chi connectivity index (χ1n) is 6.71. The van der Waals surface area contributed by atoms with Crippen molar-refractivity contribution >= 4 is 17.9 Å². The van der Waals surface area contributed by atoms with Gasteiger partial charge in [-0.1, -0.05) is 0 Å². The first-order chi connectivity index (χ1) is 9.23. The molecule has 0 saturated carbocycles. The minimum absolute atomic E-state index is 0.0112. The van der Waals surface area contributed by atoms with Crippen molar-refractivity contribution < 1.29 is 19.1 Å². The third kappa shape index (κ3) is 5.16. The topological polar surface area (TPSA) is 87.7 Å². The van der Waals surface area contributed by atoms with Crippen LogP contribution in [0.2, 0.25) is 0 Å². The number of urea groups is 1. The lowest BCUT2D eigenvalue weighted by Gasteiger charge is -2.26. The van der Waals surface area contributed by atoms with Crippen molar-refractivity contribution in [3.05, 3.63) is 0 Å². The molecule has 3 amide bonds. The Kier molecular flexibility index (Phi) is 5.50. The minimum Gasteiger partial charge on any atom is -0.459 e. The van der Waals surface area contributed by atoms with Gasteiger partial charge >= 0.3 is 12.0 Å². The van der Waals surface area contributed by atoms with Crippen molar-refractivity contribution in [2.24, 2.45) is 0 Å². The summed E-state index contributed by atoms with van der Waals surface area (Å²) >= 11 is 0. The van der Waals surface area contributed by atoms with Gasteiger partial charge in [0.2, 0.25) is 5.91 Å². The van der Waals surface area contributed by atoms with Crippen molar-refractivity contribution in [1.82, 2.24) is 15.5 Å². The lowest BCUT2D eigenvalue weighted by atomic mass is 10.1. The molecule has 20 heavy (non-hydrogen) atoms. The second-order valence-electron chi connectivity index (χ2n) is 5.79. The van der Waals surface area contributed by atoms with Crippen LogP contribution in [0.4, 0.5) is 4.79 Å². The zero-order valence-corrected chi connectivity index (χ0v) is 12.5. The summed E-state index contributed by atoms with van der Waals surface area (Å²) in [4.78, 5) is 36.5. The second kappa shape index (κ2) is 6.69. The number of hydrogen-bond acceptors (Lipinski definition) is 5. The fourth-order valence-electron chi connectivity index (χ4n) is 2.07. The van der Waals surface area contributed by atoms with Crippen molar-refractivity contribution in [3.8, 4) is 0 Å². The molecular weight excluding hydrogens is 262 g/mol. The lowest BCUT2D eigenvalue weighted by molar-refractivity contribution is -0.160. The Morgan fingerprint density at radius 2 is 1.95 bits per heavy atom. The van der Waals surface area contributed by atoms with Gasteiger partial charge in [-0.3, -0.25) is 19.8 Å². The van der Waals surface area contributed by atoms with Crippen molar-refractivity contribution in [1.29, 1.82) is 0 Å². The summed E-state index contributed by atoms with van der Waals surface area (Å²) in [5.74, 6) is -0.748. The van der Waals surface area contributed by atoms with Crippen LogP contribution in [0.15, 0.2) is 0 Å². The largest absolute Gasteiger partial charge is 0.459 e. The standard InChI is InChI=1S/C13H23N3O4/c1-13(2,3)20-11(18)9-6-5-7-16(9)8-10(17)15-12(19)14-4/h9H,5-8H2,1-4H3,(H2,14,15,17,19)/t9-/m0/s1. The average molecular weight is 285 g/mol. The van der Waals surface area contributed by atoms with E-state index >= 15 is 0 Å². The molecule has 0 aromatic carbocycles. The third-order valence-corrected chi connectivity index (χ3v) is 2.87. The van der Waals surface area contributed by atoms with Crippen LogP contribution >= 0.6 is 0 Å². The number of rotatable bonds is 3. The molecule has 2 N–H and O–H groups in total. The lowest BCUT2D eigenvalue weighted by Crippen LogP contribution is -2.47. The van der Waals surface area contributed by atoms with Gasteiger partial charge in [0.1, 0.15) is 11.6 Å². The molecule has 1 rings (SSSR count). The van der Waals surface area contributed by atoms with Crippen LogP contribution in [-0.2, 0) is 14.3 Å². The van der Waals surface area contributed by atoms with E-state index in [1.54, 1.807) is 4.90 Å². The average Bonchev–Trinajstić information content (AvgIpc) is 2.74. The highest BCUT2D eigenvalue weighted by Crippen LogP contribution is 2.20. The van der Waals surface area contributed by atoms with Crippen LogP contribution in [-0.4, -0.2) is 54.6 Å². The molecular formula is C13H23N3O4. The predicted octanol–water partition coefficient (Wildman–Crippen LogP) is 0.248. The number of nitrogens with one attached hydrogen (secondary N) is 2. The maximum atomic E-state index is 12.1. The third-order valence-electron chi connectivity index (χ3n) is 2.87. The maximum Gasteiger partial charge on any atom is 0.323 e. The highest BCUT2D eigenvalue weighted by atomic mass is 16.6. The SMILES string of the molecule is CNC(=O)NC(=O)CN1CCC[C@H]1C(=O)OC(C)(C)C. The molecule has 7 heteroatoms. The van der Waals surface area contributed by atoms with Gasteiger partial charge in [-0.25, -0.2) is 4.79 Å². The molecule has 7 nitrogen and oxygen atoms in total. The molecule has 1 aliphatic heterocycles. The van der Waals surface area contributed by atoms with Crippen molar-refractivity contribution in [2.45, 2.75) is 45.3 Å². The smallest absolute Gasteiger partial charge is 0.323 e. The first kappa shape index (κ1) is 16.4. The summed E-state index contributed by atoms with van der Waals surface area (Å²) in [5, 5.41) is 4.49. The molecule has 0 aromatic rings. The Morgan fingerprint density at radius 3 is 2.50 bits per heavy atom. The molecule has 0 aromatic heterocycles. The summed E-state index contributed by atoms with van der Waals surface area (Å²) in [5.41, 5.74) is -0.546. The summed E-state index contributed by atoms with van der Waals surface area (Å²) in [7, 11) is 1.43. The number of imide groups is 1. The highest BCUT2D eigenvalue weighted by Gasteiger charge is 2.35. The number of amides is 3. The molecule has 0 radical (unpaired) electrons. The Morgan fingerprint density at radius 1 is 1.30 bits per heavy atom. The van der Waals surface area contributed by atoms with Gasteiger partial charge in [0.05, 0.1) is 6.54 Å². The van der Waals surface area contributed by atoms with E-state index < -0.39 is 23.6 Å². The fraction of sp³-hybridized carbons (Fsp3) is 0.769. The van der Waals surface area contributed by atoms with E-state index in [0.717, 1.165) is 6.42 Å². The number of nitrogens with zero attached hydrogens (tertiary/aromatic N) is 1. The molecule has 1 saturated heterocycles. The van der Waals surface area contributed by atoms with Crippen LogP contribution in [0.5, 0.6) is 0 Å². The number of carbonyl (C=O) groups excluding carboxylic acids is 3. The molecule has 0 bridgehead atoms. The quantitative estimate of drug-likeness (QED) is 0.726. The second-order valence-corrected chi connectivity index (χ2v) is 5.79. The summed E-state index contributed by atoms with van der Waals surface area (Å²) in [6.07, 6.45) is 1.50. The van der Waals surface area contributed by atoms with Gasteiger partial charge in [0, 0.05) is 7.05 Å². The zero-order chi connectivity index (χ0) is 15.3. The van der Waals surface area contributed by atoms with Crippen LogP contribution in [0.3, 0.4) is 0 Å². The van der Waals surface area contributed by atoms with E-state index in [1.807, 2.05) is 20.8 Å². The van der Waals surface area contributed by atoms with E-state index in [9.17, 15) is 14.4 Å². The molecule has 0 unspecified atom stereocenters. The van der Waals surface area contributed by atoms with Crippen LogP contribution in [0, 0.1) is 0 Å². The predicted molar refractivity (Wildman–Crippen MR) is 73.0 cm³/mol. The van der Waals surface area contributed by atoms with E-state index in [0.29, 0.717) is 13.0 Å². The summed E-state index contributed by atoms with van der Waals surface area (Å²) in [6, 6.07) is -0.965. The molecule has 1 aliphatic rings. The number of carbonyl (C=O) groups is 3. The monoisotopic (exact) mass is 285 g/mol. The molecule has 114 valence electrons. The van der Waals surface area contributed by atoms with Gasteiger partial charge in [0.25, 0.3) is 0 Å². The fourth-order valence-corrected chi connectivity index (χ4v) is 2.07. The molecule has 1 atom stereocenters. The van der Waals surface area contributed by atoms with Crippen LogP contribution in [0.1, 0.15) is 33.6 Å². The highest BCUT2D eigenvalue weighted by molar-refractivity contribution is 5.95. The number of likely N-dealkylation sites (tertiary alicyclic amines) is 1. The Bertz CT molecular complexity index is 390. The van der Waals surface area contributed by atoms with Gasteiger partial charge in [-0.05, 0) is 40.2 Å². The Hall–Kier alpha value is -1.63. The van der Waals surface area contributed by atoms with Crippen LogP contribution < -0.4 is 10.6 Å². The van der Waals surface area contributed by atoms with Gasteiger partial charge in [0.15, 0.2) is 0 Å². The van der Waals surface area contributed by atoms with E-state index in [1.165, 1.54) is 7.05 Å². The Balaban J connectivity index is 2.55. The molecule has 1 fully saturated rings. The number of esters is 1. The van der Waals surface area contributed by atoms with Gasteiger partial charge in [-0.15, -0.1) is 0 Å². The first-order valence-corrected chi connectivity index (χ1v) is 6.71. The Labute approximate surface area is 119 Å². The zero-order valence-electron chi connectivity index (χ0n) is 12.5. The van der Waals surface area contributed by atoms with Crippen molar-refractivity contribution in [2.75, 3.05) is 20.1 Å². The van der Waals surface area contributed by atoms with Gasteiger partial charge in [-0.2, -0.15) is 0 Å². The van der Waals surface area contributed by atoms with E-state index in [4.69, 9.17) is 4.74 Å². The molecule has 0 spiro atoms. The summed E-state index contributed by atoms with van der Waals surface area (Å²) in [6.45, 7) is 6.08. The summed E-state index contributed by atoms with van der Waals surface area (Å²) < 4.78 is 5.34. The number of ether oxygens (including phenoxy) is 1. The normalized spacial score (nSPS) is 19.5. The maximum absolute atomic E-state index is 12.1. The number of hydrogen-bond donors (Lipinski definition) is 2. The van der Waals surface area contributed by atoms with Crippen LogP contribution in [0.25, 0.3) is 0 Å².